The van der Waals surface area contributed by atoms with Gasteiger partial charge in [-0.2, -0.15) is 0 Å². The van der Waals surface area contributed by atoms with Gasteiger partial charge in [0.25, 0.3) is 5.91 Å². The predicted octanol–water partition coefficient (Wildman–Crippen LogP) is 3.38. The second-order valence-corrected chi connectivity index (χ2v) is 5.34. The highest BCUT2D eigenvalue weighted by Crippen LogP contribution is 2.26. The molecule has 0 aromatic heterocycles. The third-order valence-electron chi connectivity index (χ3n) is 3.56. The van der Waals surface area contributed by atoms with Crippen LogP contribution in [0.2, 0.25) is 0 Å². The van der Waals surface area contributed by atoms with E-state index in [2.05, 4.69) is 26.5 Å². The van der Waals surface area contributed by atoms with Crippen LogP contribution in [0.5, 0.6) is 0 Å². The third kappa shape index (κ3) is 2.49. The topological polar surface area (TPSA) is 20.3 Å². The lowest BCUT2D eigenvalue weighted by atomic mass is 9.96. The Kier molecular flexibility index (Phi) is 3.77. The number of carbonyl (C=O) groups excluding carboxylic acids is 1. The van der Waals surface area contributed by atoms with Crippen LogP contribution in [-0.4, -0.2) is 22.9 Å². The monoisotopic (exact) mass is 249 g/mol. The summed E-state index contributed by atoms with van der Waals surface area (Å²) >= 11 is 4.37. The van der Waals surface area contributed by atoms with Crippen LogP contribution < -0.4 is 0 Å². The summed E-state index contributed by atoms with van der Waals surface area (Å²) in [6.45, 7) is 4.27. The summed E-state index contributed by atoms with van der Waals surface area (Å²) < 4.78 is 0. The first-order valence-electron chi connectivity index (χ1n) is 6.22. The predicted molar refractivity (Wildman–Crippen MR) is 72.6 cm³/mol. The molecule has 0 unspecified atom stereocenters. The Hall–Kier alpha value is -0.960. The third-order valence-corrected chi connectivity index (χ3v) is 3.95. The Morgan fingerprint density at radius 1 is 1.24 bits per heavy atom. The van der Waals surface area contributed by atoms with E-state index in [4.69, 9.17) is 0 Å². The number of piperidine rings is 1. The number of benzene rings is 1. The average Bonchev–Trinajstić information content (AvgIpc) is 2.29. The lowest BCUT2D eigenvalue weighted by Crippen LogP contribution is -2.47. The lowest BCUT2D eigenvalue weighted by molar-refractivity contribution is 0.0507. The smallest absolute Gasteiger partial charge is 0.255 e. The fourth-order valence-electron chi connectivity index (χ4n) is 2.62. The number of likely N-dealkylation sites (tertiary alicyclic amines) is 1. The number of rotatable bonds is 1. The second kappa shape index (κ2) is 5.13. The van der Waals surface area contributed by atoms with Crippen molar-refractivity contribution in [2.45, 2.75) is 50.1 Å². The number of nitrogens with zero attached hydrogens (tertiary/aromatic N) is 1. The molecule has 1 fully saturated rings. The van der Waals surface area contributed by atoms with Crippen LogP contribution in [0.3, 0.4) is 0 Å². The van der Waals surface area contributed by atoms with E-state index in [9.17, 15) is 4.79 Å². The summed E-state index contributed by atoms with van der Waals surface area (Å²) in [5.74, 6) is 0.121. The van der Waals surface area contributed by atoms with E-state index in [1.165, 1.54) is 6.42 Å². The summed E-state index contributed by atoms with van der Waals surface area (Å²) in [6.07, 6.45) is 3.42. The van der Waals surface area contributed by atoms with Crippen molar-refractivity contribution < 1.29 is 4.79 Å². The zero-order chi connectivity index (χ0) is 12.4. The second-order valence-electron chi connectivity index (χ2n) is 4.86. The highest BCUT2D eigenvalue weighted by molar-refractivity contribution is 7.80. The minimum absolute atomic E-state index is 0.121. The maximum atomic E-state index is 12.5. The SMILES string of the molecule is C[C@@H]1CCC[C@H](C)N1C(=O)c1ccccc1S. The van der Waals surface area contributed by atoms with Crippen molar-refractivity contribution in [1.82, 2.24) is 4.90 Å². The van der Waals surface area contributed by atoms with Gasteiger partial charge in [0, 0.05) is 17.0 Å². The quantitative estimate of drug-likeness (QED) is 0.757. The molecule has 1 amide bonds. The van der Waals surface area contributed by atoms with Gasteiger partial charge < -0.3 is 4.90 Å². The number of carbonyl (C=O) groups is 1. The Bertz CT molecular complexity index is 408. The van der Waals surface area contributed by atoms with Crippen molar-refractivity contribution in [2.75, 3.05) is 0 Å². The van der Waals surface area contributed by atoms with E-state index in [-0.39, 0.29) is 5.91 Å². The van der Waals surface area contributed by atoms with Crippen LogP contribution in [-0.2, 0) is 0 Å². The molecule has 1 heterocycles. The molecule has 0 N–H and O–H groups in total. The molecule has 0 aliphatic carbocycles. The van der Waals surface area contributed by atoms with E-state index in [0.29, 0.717) is 12.1 Å². The van der Waals surface area contributed by atoms with Crippen LogP contribution in [0.1, 0.15) is 43.5 Å². The molecule has 2 rings (SSSR count). The Morgan fingerprint density at radius 2 is 1.82 bits per heavy atom. The van der Waals surface area contributed by atoms with Gasteiger partial charge >= 0.3 is 0 Å². The normalized spacial score (nSPS) is 24.8. The summed E-state index contributed by atoms with van der Waals surface area (Å²) in [6, 6.07) is 8.20. The van der Waals surface area contributed by atoms with Gasteiger partial charge in [0.2, 0.25) is 0 Å². The molecule has 1 aliphatic rings. The van der Waals surface area contributed by atoms with Gasteiger partial charge in [0.05, 0.1) is 5.56 Å². The lowest BCUT2D eigenvalue weighted by Gasteiger charge is -2.39. The number of hydrogen-bond donors (Lipinski definition) is 1. The van der Waals surface area contributed by atoms with Crippen molar-refractivity contribution in [3.63, 3.8) is 0 Å². The molecule has 17 heavy (non-hydrogen) atoms. The van der Waals surface area contributed by atoms with Crippen LogP contribution in [0.25, 0.3) is 0 Å². The molecule has 1 aromatic rings. The van der Waals surface area contributed by atoms with Gasteiger partial charge in [-0.25, -0.2) is 0 Å². The van der Waals surface area contributed by atoms with Crippen molar-refractivity contribution >= 4 is 18.5 Å². The molecule has 2 nitrogen and oxygen atoms in total. The van der Waals surface area contributed by atoms with E-state index in [1.807, 2.05) is 29.2 Å². The Balaban J connectivity index is 2.27. The van der Waals surface area contributed by atoms with Crippen molar-refractivity contribution in [1.29, 1.82) is 0 Å². The summed E-state index contributed by atoms with van der Waals surface area (Å²) in [5, 5.41) is 0. The van der Waals surface area contributed by atoms with Crippen molar-refractivity contribution in [3.05, 3.63) is 29.8 Å². The first kappa shape index (κ1) is 12.5. The van der Waals surface area contributed by atoms with Gasteiger partial charge in [0.15, 0.2) is 0 Å². The van der Waals surface area contributed by atoms with Crippen LogP contribution >= 0.6 is 12.6 Å². The molecule has 1 saturated heterocycles. The Labute approximate surface area is 108 Å². The maximum Gasteiger partial charge on any atom is 0.255 e. The Morgan fingerprint density at radius 3 is 2.41 bits per heavy atom. The van der Waals surface area contributed by atoms with E-state index in [0.717, 1.165) is 23.3 Å². The van der Waals surface area contributed by atoms with Crippen LogP contribution in [0, 0.1) is 0 Å². The zero-order valence-corrected chi connectivity index (χ0v) is 11.3. The molecule has 0 spiro atoms. The molecule has 1 aromatic carbocycles. The van der Waals surface area contributed by atoms with E-state index in [1.54, 1.807) is 0 Å². The molecular formula is C14H19NOS. The maximum absolute atomic E-state index is 12.5. The minimum Gasteiger partial charge on any atom is -0.333 e. The van der Waals surface area contributed by atoms with Gasteiger partial charge in [-0.05, 0) is 45.2 Å². The molecular weight excluding hydrogens is 230 g/mol. The highest BCUT2D eigenvalue weighted by atomic mass is 32.1. The molecule has 3 heteroatoms. The zero-order valence-electron chi connectivity index (χ0n) is 10.4. The van der Waals surface area contributed by atoms with Gasteiger partial charge in [0.1, 0.15) is 0 Å². The fourth-order valence-corrected chi connectivity index (χ4v) is 2.87. The number of hydrogen-bond acceptors (Lipinski definition) is 2. The molecule has 1 aliphatic heterocycles. The van der Waals surface area contributed by atoms with E-state index < -0.39 is 0 Å². The molecule has 92 valence electrons. The largest absolute Gasteiger partial charge is 0.333 e. The van der Waals surface area contributed by atoms with Gasteiger partial charge in [-0.15, -0.1) is 12.6 Å². The molecule has 0 radical (unpaired) electrons. The molecule has 0 saturated carbocycles. The summed E-state index contributed by atoms with van der Waals surface area (Å²) in [7, 11) is 0. The first-order chi connectivity index (χ1) is 8.11. The van der Waals surface area contributed by atoms with Crippen LogP contribution in [0.4, 0.5) is 0 Å². The molecule has 2 atom stereocenters. The fraction of sp³-hybridized carbons (Fsp3) is 0.500. The average molecular weight is 249 g/mol. The van der Waals surface area contributed by atoms with Crippen LogP contribution in [0.15, 0.2) is 29.2 Å². The molecule has 0 bridgehead atoms. The number of thiol groups is 1. The van der Waals surface area contributed by atoms with Gasteiger partial charge in [-0.1, -0.05) is 12.1 Å². The standard InChI is InChI=1S/C14H19NOS/c1-10-6-5-7-11(2)15(10)14(16)12-8-3-4-9-13(12)17/h3-4,8-11,17H,5-7H2,1-2H3/t10-,11+. The first-order valence-corrected chi connectivity index (χ1v) is 6.66. The summed E-state index contributed by atoms with van der Waals surface area (Å²) in [5.41, 5.74) is 0.719. The summed E-state index contributed by atoms with van der Waals surface area (Å²) in [4.78, 5) is 15.3. The number of amides is 1. The van der Waals surface area contributed by atoms with E-state index >= 15 is 0 Å². The highest BCUT2D eigenvalue weighted by Gasteiger charge is 2.30. The van der Waals surface area contributed by atoms with Gasteiger partial charge in [-0.3, -0.25) is 4.79 Å². The van der Waals surface area contributed by atoms with Crippen molar-refractivity contribution in [2.24, 2.45) is 0 Å². The minimum atomic E-state index is 0.121. The van der Waals surface area contributed by atoms with Crippen molar-refractivity contribution in [3.8, 4) is 0 Å².